The number of benzene rings is 1. The lowest BCUT2D eigenvalue weighted by Gasteiger charge is -2.24. The van der Waals surface area contributed by atoms with Gasteiger partial charge in [-0.15, -0.1) is 0 Å². The van der Waals surface area contributed by atoms with Crippen molar-refractivity contribution in [2.24, 2.45) is 5.41 Å². The van der Waals surface area contributed by atoms with Gasteiger partial charge in [0.1, 0.15) is 0 Å². The maximum absolute atomic E-state index is 12.1. The third kappa shape index (κ3) is 0.939. The Bertz CT molecular complexity index is 418. The van der Waals surface area contributed by atoms with Gasteiger partial charge in [-0.2, -0.15) is 0 Å². The summed E-state index contributed by atoms with van der Waals surface area (Å²) < 4.78 is 0. The zero-order valence-electron chi connectivity index (χ0n) is 8.26. The lowest BCUT2D eigenvalue weighted by atomic mass is 9.89. The summed E-state index contributed by atoms with van der Waals surface area (Å²) in [6.07, 6.45) is 2.12. The van der Waals surface area contributed by atoms with Crippen LogP contribution in [0.4, 0.5) is 5.69 Å². The van der Waals surface area contributed by atoms with E-state index in [1.165, 1.54) is 5.56 Å². The van der Waals surface area contributed by atoms with Crippen molar-refractivity contribution in [3.05, 3.63) is 29.3 Å². The second-order valence-corrected chi connectivity index (χ2v) is 4.51. The third-order valence-electron chi connectivity index (χ3n) is 3.37. The van der Waals surface area contributed by atoms with Crippen molar-refractivity contribution < 1.29 is 4.79 Å². The normalized spacial score (nSPS) is 21.6. The highest BCUT2D eigenvalue weighted by molar-refractivity contribution is 6.08. The Morgan fingerprint density at radius 3 is 2.86 bits per heavy atom. The first-order valence-corrected chi connectivity index (χ1v) is 5.11. The van der Waals surface area contributed by atoms with Gasteiger partial charge in [0.25, 0.3) is 0 Å². The van der Waals surface area contributed by atoms with Gasteiger partial charge in [0, 0.05) is 17.8 Å². The SMILES string of the molecule is Cc1ccc2c(c1)NCC1(CC1)C2=O. The number of rotatable bonds is 0. The fraction of sp³-hybridized carbons (Fsp3) is 0.417. The van der Waals surface area contributed by atoms with E-state index in [0.29, 0.717) is 5.78 Å². The monoisotopic (exact) mass is 187 g/mol. The summed E-state index contributed by atoms with van der Waals surface area (Å²) in [7, 11) is 0. The fourth-order valence-electron chi connectivity index (χ4n) is 2.19. The highest BCUT2D eigenvalue weighted by atomic mass is 16.1. The molecule has 0 radical (unpaired) electrons. The molecule has 1 N–H and O–H groups in total. The Balaban J connectivity index is 2.12. The van der Waals surface area contributed by atoms with Crippen molar-refractivity contribution in [1.82, 2.24) is 0 Å². The van der Waals surface area contributed by atoms with E-state index in [-0.39, 0.29) is 5.41 Å². The zero-order chi connectivity index (χ0) is 9.76. The summed E-state index contributed by atoms with van der Waals surface area (Å²) >= 11 is 0. The summed E-state index contributed by atoms with van der Waals surface area (Å²) in [6.45, 7) is 2.89. The van der Waals surface area contributed by atoms with Crippen LogP contribution in [-0.2, 0) is 0 Å². The quantitative estimate of drug-likeness (QED) is 0.675. The van der Waals surface area contributed by atoms with Crippen LogP contribution in [0.3, 0.4) is 0 Å². The van der Waals surface area contributed by atoms with Gasteiger partial charge in [-0.25, -0.2) is 0 Å². The van der Waals surface area contributed by atoms with Gasteiger partial charge in [-0.1, -0.05) is 6.07 Å². The maximum atomic E-state index is 12.1. The molecular formula is C12H13NO. The number of nitrogens with one attached hydrogen (secondary N) is 1. The predicted molar refractivity (Wildman–Crippen MR) is 55.7 cm³/mol. The number of Topliss-reactive ketones (excluding diaryl/α,β-unsaturated/α-hetero) is 1. The minimum atomic E-state index is -0.0255. The van der Waals surface area contributed by atoms with Crippen LogP contribution in [0, 0.1) is 12.3 Å². The minimum absolute atomic E-state index is 0.0255. The number of anilines is 1. The molecule has 2 aliphatic rings. The Morgan fingerprint density at radius 2 is 2.14 bits per heavy atom. The van der Waals surface area contributed by atoms with E-state index in [1.807, 2.05) is 19.1 Å². The van der Waals surface area contributed by atoms with Gasteiger partial charge in [0.15, 0.2) is 5.78 Å². The van der Waals surface area contributed by atoms with E-state index in [1.54, 1.807) is 0 Å². The number of hydrogen-bond donors (Lipinski definition) is 1. The average molecular weight is 187 g/mol. The van der Waals surface area contributed by atoms with E-state index in [2.05, 4.69) is 11.4 Å². The van der Waals surface area contributed by atoms with E-state index in [9.17, 15) is 4.79 Å². The van der Waals surface area contributed by atoms with Gasteiger partial charge < -0.3 is 5.32 Å². The van der Waals surface area contributed by atoms with E-state index in [4.69, 9.17) is 0 Å². The number of carbonyl (C=O) groups is 1. The van der Waals surface area contributed by atoms with Crippen LogP contribution in [0.2, 0.25) is 0 Å². The van der Waals surface area contributed by atoms with Crippen LogP contribution in [-0.4, -0.2) is 12.3 Å². The number of ketones is 1. The van der Waals surface area contributed by atoms with Crippen LogP contribution in [0.25, 0.3) is 0 Å². The molecule has 14 heavy (non-hydrogen) atoms. The molecule has 1 fully saturated rings. The first-order chi connectivity index (χ1) is 6.71. The van der Waals surface area contributed by atoms with E-state index in [0.717, 1.165) is 30.6 Å². The molecule has 3 rings (SSSR count). The standard InChI is InChI=1S/C12H13NO/c1-8-2-3-9-10(6-8)13-7-12(4-5-12)11(9)14/h2-3,6,13H,4-5,7H2,1H3. The molecule has 1 aromatic rings. The smallest absolute Gasteiger partial charge is 0.172 e. The van der Waals surface area contributed by atoms with Crippen LogP contribution < -0.4 is 5.32 Å². The molecule has 0 atom stereocenters. The molecule has 0 amide bonds. The summed E-state index contributed by atoms with van der Waals surface area (Å²) in [5, 5.41) is 3.37. The topological polar surface area (TPSA) is 29.1 Å². The third-order valence-corrected chi connectivity index (χ3v) is 3.37. The molecule has 1 spiro atoms. The molecular weight excluding hydrogens is 174 g/mol. The molecule has 1 saturated carbocycles. The molecule has 1 aliphatic heterocycles. The van der Waals surface area contributed by atoms with Gasteiger partial charge in [-0.05, 0) is 37.5 Å². The molecule has 0 saturated heterocycles. The molecule has 1 aromatic carbocycles. The van der Waals surface area contributed by atoms with Crippen LogP contribution in [0.1, 0.15) is 28.8 Å². The summed E-state index contributed by atoms with van der Waals surface area (Å²) in [5.74, 6) is 0.353. The Labute approximate surface area is 83.3 Å². The van der Waals surface area contributed by atoms with Crippen molar-refractivity contribution in [2.75, 3.05) is 11.9 Å². The lowest BCUT2D eigenvalue weighted by Crippen LogP contribution is -2.31. The summed E-state index contributed by atoms with van der Waals surface area (Å²) in [6, 6.07) is 6.03. The number of hydrogen-bond acceptors (Lipinski definition) is 2. The number of carbonyl (C=O) groups excluding carboxylic acids is 1. The van der Waals surface area contributed by atoms with Gasteiger partial charge in [0.05, 0.1) is 5.41 Å². The van der Waals surface area contributed by atoms with E-state index >= 15 is 0 Å². The average Bonchev–Trinajstić information content (AvgIpc) is 2.93. The van der Waals surface area contributed by atoms with Gasteiger partial charge in [0.2, 0.25) is 0 Å². The highest BCUT2D eigenvalue weighted by Crippen LogP contribution is 2.51. The predicted octanol–water partition coefficient (Wildman–Crippen LogP) is 2.38. The van der Waals surface area contributed by atoms with Crippen LogP contribution >= 0.6 is 0 Å². The Hall–Kier alpha value is -1.31. The fourth-order valence-corrected chi connectivity index (χ4v) is 2.19. The first-order valence-electron chi connectivity index (χ1n) is 5.11. The molecule has 2 nitrogen and oxygen atoms in total. The number of fused-ring (bicyclic) bond motifs is 1. The van der Waals surface area contributed by atoms with Crippen molar-refractivity contribution in [3.8, 4) is 0 Å². The lowest BCUT2D eigenvalue weighted by molar-refractivity contribution is 0.0903. The van der Waals surface area contributed by atoms with Crippen molar-refractivity contribution in [3.63, 3.8) is 0 Å². The Morgan fingerprint density at radius 1 is 1.36 bits per heavy atom. The molecule has 2 heteroatoms. The molecule has 1 heterocycles. The molecule has 0 bridgehead atoms. The second-order valence-electron chi connectivity index (χ2n) is 4.51. The Kier molecular flexibility index (Phi) is 1.37. The van der Waals surface area contributed by atoms with Gasteiger partial charge >= 0.3 is 0 Å². The van der Waals surface area contributed by atoms with E-state index < -0.39 is 0 Å². The van der Waals surface area contributed by atoms with Crippen molar-refractivity contribution in [1.29, 1.82) is 0 Å². The van der Waals surface area contributed by atoms with Crippen molar-refractivity contribution in [2.45, 2.75) is 19.8 Å². The summed E-state index contributed by atoms with van der Waals surface area (Å²) in [5.41, 5.74) is 3.09. The molecule has 1 aliphatic carbocycles. The zero-order valence-corrected chi connectivity index (χ0v) is 8.26. The maximum Gasteiger partial charge on any atom is 0.172 e. The van der Waals surface area contributed by atoms with Crippen molar-refractivity contribution >= 4 is 11.5 Å². The second kappa shape index (κ2) is 2.38. The van der Waals surface area contributed by atoms with Crippen LogP contribution in [0.5, 0.6) is 0 Å². The molecule has 0 unspecified atom stereocenters. The number of aryl methyl sites for hydroxylation is 1. The molecule has 72 valence electrons. The summed E-state index contributed by atoms with van der Waals surface area (Å²) in [4.78, 5) is 12.1. The van der Waals surface area contributed by atoms with Gasteiger partial charge in [-0.3, -0.25) is 4.79 Å². The van der Waals surface area contributed by atoms with Crippen LogP contribution in [0.15, 0.2) is 18.2 Å². The highest BCUT2D eigenvalue weighted by Gasteiger charge is 2.52. The largest absolute Gasteiger partial charge is 0.383 e. The molecule has 0 aromatic heterocycles. The first kappa shape index (κ1) is 8.04. The minimum Gasteiger partial charge on any atom is -0.383 e.